The number of Topliss-reactive ketones (excluding diaryl/α,β-unsaturated/α-hetero) is 1. The molecule has 1 aromatic carbocycles. The molecule has 0 heterocycles. The summed E-state index contributed by atoms with van der Waals surface area (Å²) in [4.78, 5) is 53.3. The average Bonchev–Trinajstić information content (AvgIpc) is 2.78. The highest BCUT2D eigenvalue weighted by atomic mass is 16.5. The van der Waals surface area contributed by atoms with E-state index >= 15 is 0 Å². The maximum atomic E-state index is 13.5. The van der Waals surface area contributed by atoms with Crippen LogP contribution < -0.4 is 11.5 Å². The molecular formula is C25H37N3O5. The Bertz CT molecular complexity index is 877. The van der Waals surface area contributed by atoms with Crippen molar-refractivity contribution in [2.75, 3.05) is 6.61 Å². The molecule has 0 fully saturated rings. The van der Waals surface area contributed by atoms with Gasteiger partial charge >= 0.3 is 5.97 Å². The van der Waals surface area contributed by atoms with Crippen molar-refractivity contribution in [1.29, 1.82) is 0 Å². The second kappa shape index (κ2) is 12.9. The fraction of sp³-hybridized carbons (Fsp3) is 0.520. The molecule has 2 amide bonds. The van der Waals surface area contributed by atoms with Crippen LogP contribution in [-0.2, 0) is 19.1 Å². The van der Waals surface area contributed by atoms with Crippen LogP contribution in [0.2, 0.25) is 0 Å². The van der Waals surface area contributed by atoms with Gasteiger partial charge in [-0.2, -0.15) is 0 Å². The first kappa shape index (κ1) is 28.0. The molecule has 1 aromatic rings. The standard InChI is InChI=1S/C25H37N3O5/c1-7-33-25(32)21(27)19(14-13-15(2)3)22(29)17(6)28(24(31)20(26)16(4)5)23(30)18-11-9-8-10-12-18/h8-12,15-17,20H,7,13-14,26-27H2,1-6H3. The van der Waals surface area contributed by atoms with Crippen molar-refractivity contribution in [3.05, 3.63) is 47.2 Å². The fourth-order valence-corrected chi connectivity index (χ4v) is 3.16. The van der Waals surface area contributed by atoms with Gasteiger partial charge in [-0.3, -0.25) is 19.3 Å². The Morgan fingerprint density at radius 1 is 1.00 bits per heavy atom. The molecule has 8 heteroatoms. The quantitative estimate of drug-likeness (QED) is 0.384. The lowest BCUT2D eigenvalue weighted by atomic mass is 9.93. The van der Waals surface area contributed by atoms with Gasteiger partial charge in [0.25, 0.3) is 5.91 Å². The summed E-state index contributed by atoms with van der Waals surface area (Å²) in [7, 11) is 0. The highest BCUT2D eigenvalue weighted by Gasteiger charge is 2.37. The number of ether oxygens (including phenoxy) is 1. The molecule has 0 aromatic heterocycles. The van der Waals surface area contributed by atoms with E-state index in [4.69, 9.17) is 16.2 Å². The van der Waals surface area contributed by atoms with E-state index < -0.39 is 35.7 Å². The molecular weight excluding hydrogens is 422 g/mol. The van der Waals surface area contributed by atoms with Crippen molar-refractivity contribution in [3.63, 3.8) is 0 Å². The van der Waals surface area contributed by atoms with E-state index in [2.05, 4.69) is 0 Å². The molecule has 0 saturated carbocycles. The third kappa shape index (κ3) is 7.53. The zero-order valence-corrected chi connectivity index (χ0v) is 20.5. The summed E-state index contributed by atoms with van der Waals surface area (Å²) >= 11 is 0. The number of carbonyl (C=O) groups is 4. The Kier molecular flexibility index (Phi) is 10.9. The average molecular weight is 460 g/mol. The van der Waals surface area contributed by atoms with Gasteiger partial charge in [0.1, 0.15) is 11.7 Å². The van der Waals surface area contributed by atoms with Gasteiger partial charge in [0.2, 0.25) is 5.91 Å². The topological polar surface area (TPSA) is 133 Å². The predicted molar refractivity (Wildman–Crippen MR) is 127 cm³/mol. The number of imide groups is 1. The van der Waals surface area contributed by atoms with E-state index in [1.54, 1.807) is 51.1 Å². The van der Waals surface area contributed by atoms with Crippen LogP contribution in [0.1, 0.15) is 64.7 Å². The second-order valence-corrected chi connectivity index (χ2v) is 8.73. The van der Waals surface area contributed by atoms with E-state index in [9.17, 15) is 19.2 Å². The number of nitrogens with two attached hydrogens (primary N) is 2. The SMILES string of the molecule is CCOC(=O)C(N)=C(CCC(C)C)C(=O)C(C)N(C(=O)c1ccccc1)C(=O)C(N)C(C)C. The fourth-order valence-electron chi connectivity index (χ4n) is 3.16. The van der Waals surface area contributed by atoms with E-state index in [1.807, 2.05) is 13.8 Å². The largest absolute Gasteiger partial charge is 0.461 e. The van der Waals surface area contributed by atoms with Crippen molar-refractivity contribution in [1.82, 2.24) is 4.90 Å². The van der Waals surface area contributed by atoms with Gasteiger partial charge in [0, 0.05) is 11.1 Å². The molecule has 0 radical (unpaired) electrons. The first-order valence-corrected chi connectivity index (χ1v) is 11.3. The van der Waals surface area contributed by atoms with Gasteiger partial charge in [0.05, 0.1) is 12.6 Å². The number of nitrogens with zero attached hydrogens (tertiary/aromatic N) is 1. The molecule has 0 aliphatic carbocycles. The molecule has 0 aliphatic rings. The molecule has 0 saturated heterocycles. The molecule has 0 spiro atoms. The van der Waals surface area contributed by atoms with E-state index in [-0.39, 0.29) is 41.7 Å². The summed E-state index contributed by atoms with van der Waals surface area (Å²) in [5.74, 6) is -2.73. The lowest BCUT2D eigenvalue weighted by Gasteiger charge is -2.31. The van der Waals surface area contributed by atoms with Gasteiger partial charge in [-0.05, 0) is 50.7 Å². The molecule has 182 valence electrons. The van der Waals surface area contributed by atoms with E-state index in [0.29, 0.717) is 6.42 Å². The van der Waals surface area contributed by atoms with Crippen LogP contribution in [-0.4, -0.2) is 47.2 Å². The van der Waals surface area contributed by atoms with Crippen LogP contribution in [0.25, 0.3) is 0 Å². The van der Waals surface area contributed by atoms with Crippen LogP contribution >= 0.6 is 0 Å². The third-order valence-corrected chi connectivity index (χ3v) is 5.34. The Labute approximate surface area is 196 Å². The third-order valence-electron chi connectivity index (χ3n) is 5.34. The molecule has 33 heavy (non-hydrogen) atoms. The van der Waals surface area contributed by atoms with Crippen molar-refractivity contribution in [2.45, 2.75) is 66.5 Å². The van der Waals surface area contributed by atoms with Crippen LogP contribution in [0.4, 0.5) is 0 Å². The number of hydrogen-bond acceptors (Lipinski definition) is 7. The summed E-state index contributed by atoms with van der Waals surface area (Å²) in [6, 6.07) is 5.98. The Morgan fingerprint density at radius 2 is 1.58 bits per heavy atom. The number of benzene rings is 1. The summed E-state index contributed by atoms with van der Waals surface area (Å²) in [6.07, 6.45) is 0.795. The molecule has 0 aliphatic heterocycles. The Balaban J connectivity index is 3.50. The number of hydrogen-bond donors (Lipinski definition) is 2. The van der Waals surface area contributed by atoms with Gasteiger partial charge in [-0.15, -0.1) is 0 Å². The molecule has 1 rings (SSSR count). The number of esters is 1. The van der Waals surface area contributed by atoms with Gasteiger partial charge in [-0.25, -0.2) is 4.79 Å². The molecule has 0 bridgehead atoms. The zero-order valence-electron chi connectivity index (χ0n) is 20.5. The van der Waals surface area contributed by atoms with Crippen molar-refractivity contribution in [2.24, 2.45) is 23.3 Å². The predicted octanol–water partition coefficient (Wildman–Crippen LogP) is 2.81. The monoisotopic (exact) mass is 459 g/mol. The van der Waals surface area contributed by atoms with Gasteiger partial charge in [-0.1, -0.05) is 45.9 Å². The van der Waals surface area contributed by atoms with Crippen LogP contribution in [0.5, 0.6) is 0 Å². The first-order valence-electron chi connectivity index (χ1n) is 11.3. The number of carbonyl (C=O) groups excluding carboxylic acids is 4. The highest BCUT2D eigenvalue weighted by molar-refractivity contribution is 6.13. The Morgan fingerprint density at radius 3 is 2.06 bits per heavy atom. The van der Waals surface area contributed by atoms with Gasteiger partial charge < -0.3 is 16.2 Å². The van der Waals surface area contributed by atoms with E-state index in [1.165, 1.54) is 6.92 Å². The van der Waals surface area contributed by atoms with Crippen molar-refractivity contribution < 1.29 is 23.9 Å². The molecule has 4 N–H and O–H groups in total. The summed E-state index contributed by atoms with van der Waals surface area (Å²) in [6.45, 7) is 10.6. The number of rotatable bonds is 11. The smallest absolute Gasteiger partial charge is 0.354 e. The summed E-state index contributed by atoms with van der Waals surface area (Å²) in [5.41, 5.74) is 12.1. The van der Waals surface area contributed by atoms with Crippen LogP contribution in [0.15, 0.2) is 41.6 Å². The minimum absolute atomic E-state index is 0.0476. The molecule has 2 unspecified atom stereocenters. The first-order chi connectivity index (χ1) is 15.4. The normalized spacial score (nSPS) is 13.8. The summed E-state index contributed by atoms with van der Waals surface area (Å²) in [5, 5.41) is 0. The maximum Gasteiger partial charge on any atom is 0.354 e. The number of ketones is 1. The number of amides is 2. The minimum atomic E-state index is -1.22. The van der Waals surface area contributed by atoms with Crippen LogP contribution in [0, 0.1) is 11.8 Å². The minimum Gasteiger partial charge on any atom is -0.461 e. The molecule has 2 atom stereocenters. The zero-order chi connectivity index (χ0) is 25.3. The highest BCUT2D eigenvalue weighted by Crippen LogP contribution is 2.21. The summed E-state index contributed by atoms with van der Waals surface area (Å²) < 4.78 is 4.97. The van der Waals surface area contributed by atoms with Crippen molar-refractivity contribution >= 4 is 23.6 Å². The lowest BCUT2D eigenvalue weighted by Crippen LogP contribution is -2.55. The maximum absolute atomic E-state index is 13.5. The lowest BCUT2D eigenvalue weighted by molar-refractivity contribution is -0.139. The second-order valence-electron chi connectivity index (χ2n) is 8.73. The molecule has 8 nitrogen and oxygen atoms in total. The van der Waals surface area contributed by atoms with Crippen LogP contribution in [0.3, 0.4) is 0 Å². The van der Waals surface area contributed by atoms with Crippen molar-refractivity contribution in [3.8, 4) is 0 Å². The van der Waals surface area contributed by atoms with E-state index in [0.717, 1.165) is 4.90 Å². The Hall–Kier alpha value is -3.00. The van der Waals surface area contributed by atoms with Gasteiger partial charge in [0.15, 0.2) is 5.78 Å².